The zero-order valence-corrected chi connectivity index (χ0v) is 10.6. The first-order valence-corrected chi connectivity index (χ1v) is 6.01. The molecule has 0 saturated heterocycles. The van der Waals surface area contributed by atoms with Crippen LogP contribution in [0.5, 0.6) is 11.5 Å². The van der Waals surface area contributed by atoms with E-state index in [-0.39, 0.29) is 0 Å². The number of aromatic nitrogens is 1. The van der Waals surface area contributed by atoms with Crippen LogP contribution < -0.4 is 4.74 Å². The summed E-state index contributed by atoms with van der Waals surface area (Å²) in [5.74, 6) is 1.54. The molecule has 0 bridgehead atoms. The van der Waals surface area contributed by atoms with Gasteiger partial charge >= 0.3 is 0 Å². The zero-order chi connectivity index (χ0) is 12.5. The van der Waals surface area contributed by atoms with Crippen molar-refractivity contribution in [2.45, 2.75) is 0 Å². The van der Waals surface area contributed by atoms with Gasteiger partial charge in [-0.25, -0.2) is 0 Å². The van der Waals surface area contributed by atoms with Gasteiger partial charge in [-0.1, -0.05) is 23.7 Å². The van der Waals surface area contributed by atoms with E-state index in [1.165, 1.54) is 0 Å². The minimum atomic E-state index is 0.548. The van der Waals surface area contributed by atoms with Gasteiger partial charge in [0.05, 0.1) is 10.5 Å². The number of benzene rings is 2. The molecule has 1 aromatic heterocycles. The molecule has 0 N–H and O–H groups in total. The molecular weight excluding hydrogens is 246 g/mol. The fourth-order valence-electron chi connectivity index (χ4n) is 2.01. The molecule has 0 amide bonds. The molecule has 0 aliphatic rings. The number of hydrogen-bond donors (Lipinski definition) is 0. The second-order valence-corrected chi connectivity index (χ2v) is 4.50. The first-order chi connectivity index (χ1) is 8.74. The maximum absolute atomic E-state index is 5.90. The predicted molar refractivity (Wildman–Crippen MR) is 73.3 cm³/mol. The summed E-state index contributed by atoms with van der Waals surface area (Å²) in [4.78, 5) is 0. The van der Waals surface area contributed by atoms with Crippen LogP contribution in [0.15, 0.2) is 48.7 Å². The van der Waals surface area contributed by atoms with E-state index in [0.717, 1.165) is 16.7 Å². The molecule has 2 nitrogen and oxygen atoms in total. The Bertz CT molecular complexity index is 703. The van der Waals surface area contributed by atoms with Gasteiger partial charge in [0, 0.05) is 30.8 Å². The van der Waals surface area contributed by atoms with Crippen molar-refractivity contribution in [3.8, 4) is 11.5 Å². The van der Waals surface area contributed by atoms with Gasteiger partial charge in [-0.05, 0) is 24.3 Å². The van der Waals surface area contributed by atoms with Crippen molar-refractivity contribution in [3.05, 3.63) is 59.8 Å². The third-order valence-corrected chi connectivity index (χ3v) is 3.04. The van der Waals surface area contributed by atoms with Gasteiger partial charge in [-0.15, -0.1) is 0 Å². The molecule has 0 atom stereocenters. The maximum atomic E-state index is 5.90. The van der Waals surface area contributed by atoms with Gasteiger partial charge < -0.3 is 9.30 Å². The number of rotatable bonds is 2. The van der Waals surface area contributed by atoms with Crippen molar-refractivity contribution in [1.29, 1.82) is 0 Å². The molecule has 3 heteroatoms. The highest BCUT2D eigenvalue weighted by Crippen LogP contribution is 2.30. The molecule has 0 spiro atoms. The number of fused-ring (bicyclic) bond motifs is 1. The summed E-state index contributed by atoms with van der Waals surface area (Å²) in [7, 11) is 2.00. The molecule has 3 aromatic rings. The fraction of sp³-hybridized carbons (Fsp3) is 0.0667. The molecule has 0 aliphatic heterocycles. The molecular formula is C15H11ClNO. The number of nitrogens with zero attached hydrogens (tertiary/aromatic N) is 1. The average molecular weight is 257 g/mol. The summed E-state index contributed by atoms with van der Waals surface area (Å²) in [6.45, 7) is 0. The van der Waals surface area contributed by atoms with E-state index in [1.807, 2.05) is 36.0 Å². The monoisotopic (exact) mass is 256 g/mol. The molecule has 0 aliphatic carbocycles. The Kier molecular flexibility index (Phi) is 2.73. The summed E-state index contributed by atoms with van der Waals surface area (Å²) in [5.41, 5.74) is 1.07. The summed E-state index contributed by atoms with van der Waals surface area (Å²) < 4.78 is 7.93. The Labute approximate surface area is 110 Å². The molecule has 3 rings (SSSR count). The Morgan fingerprint density at radius 1 is 1.22 bits per heavy atom. The molecule has 18 heavy (non-hydrogen) atoms. The lowest BCUT2D eigenvalue weighted by molar-refractivity contribution is 0.486. The van der Waals surface area contributed by atoms with Gasteiger partial charge in [0.25, 0.3) is 0 Å². The fourth-order valence-corrected chi connectivity index (χ4v) is 2.18. The predicted octanol–water partition coefficient (Wildman–Crippen LogP) is 4.42. The Hall–Kier alpha value is -1.93. The lowest BCUT2D eigenvalue weighted by atomic mass is 10.2. The first-order valence-electron chi connectivity index (χ1n) is 5.63. The largest absolute Gasteiger partial charge is 0.455 e. The van der Waals surface area contributed by atoms with E-state index >= 15 is 0 Å². The summed E-state index contributed by atoms with van der Waals surface area (Å²) in [5, 5.41) is 1.70. The lowest BCUT2D eigenvalue weighted by Gasteiger charge is -2.08. The quantitative estimate of drug-likeness (QED) is 0.662. The van der Waals surface area contributed by atoms with Crippen molar-refractivity contribution < 1.29 is 4.74 Å². The minimum absolute atomic E-state index is 0.548. The van der Waals surface area contributed by atoms with Crippen LogP contribution in [0.25, 0.3) is 10.9 Å². The summed E-state index contributed by atoms with van der Waals surface area (Å²) >= 11 is 5.90. The molecule has 0 unspecified atom stereocenters. The first kappa shape index (κ1) is 11.2. The van der Waals surface area contributed by atoms with Crippen LogP contribution in [-0.2, 0) is 7.05 Å². The topological polar surface area (TPSA) is 14.2 Å². The molecule has 0 fully saturated rings. The zero-order valence-electron chi connectivity index (χ0n) is 9.85. The van der Waals surface area contributed by atoms with Crippen molar-refractivity contribution in [3.63, 3.8) is 0 Å². The van der Waals surface area contributed by atoms with Crippen LogP contribution in [0.4, 0.5) is 0 Å². The third-order valence-electron chi connectivity index (χ3n) is 2.83. The van der Waals surface area contributed by atoms with E-state index in [1.54, 1.807) is 12.1 Å². The van der Waals surface area contributed by atoms with Crippen LogP contribution >= 0.6 is 11.6 Å². The van der Waals surface area contributed by atoms with Crippen molar-refractivity contribution in [2.75, 3.05) is 0 Å². The Morgan fingerprint density at radius 3 is 2.94 bits per heavy atom. The van der Waals surface area contributed by atoms with Gasteiger partial charge in [0.2, 0.25) is 0 Å². The van der Waals surface area contributed by atoms with E-state index < -0.39 is 0 Å². The van der Waals surface area contributed by atoms with Crippen LogP contribution in [0.1, 0.15) is 0 Å². The molecule has 2 aromatic carbocycles. The highest BCUT2D eigenvalue weighted by molar-refractivity contribution is 6.30. The summed E-state index contributed by atoms with van der Waals surface area (Å²) in [6, 6.07) is 16.3. The van der Waals surface area contributed by atoms with Crippen molar-refractivity contribution in [1.82, 2.24) is 4.57 Å². The number of para-hydroxylation sites is 1. The molecule has 1 heterocycles. The van der Waals surface area contributed by atoms with Gasteiger partial charge in [-0.3, -0.25) is 0 Å². The third kappa shape index (κ3) is 1.95. The van der Waals surface area contributed by atoms with Crippen LogP contribution in [0, 0.1) is 6.07 Å². The van der Waals surface area contributed by atoms with Crippen molar-refractivity contribution in [2.24, 2.45) is 7.05 Å². The van der Waals surface area contributed by atoms with E-state index in [0.29, 0.717) is 10.8 Å². The van der Waals surface area contributed by atoms with Crippen LogP contribution in [0.2, 0.25) is 5.02 Å². The minimum Gasteiger partial charge on any atom is -0.455 e. The van der Waals surface area contributed by atoms with Gasteiger partial charge in [-0.2, -0.15) is 0 Å². The Morgan fingerprint density at radius 2 is 2.11 bits per heavy atom. The average Bonchev–Trinajstić information content (AvgIpc) is 2.72. The number of hydrogen-bond acceptors (Lipinski definition) is 1. The highest BCUT2D eigenvalue weighted by atomic mass is 35.5. The standard InChI is InChI=1S/C15H11ClNO/c1-17-9-8-11-4-2-7-14(15(11)17)18-13-6-3-5-12(16)10-13/h2-4,6-10H,1H3. The highest BCUT2D eigenvalue weighted by Gasteiger charge is 2.06. The number of aryl methyl sites for hydroxylation is 1. The second-order valence-electron chi connectivity index (χ2n) is 4.10. The van der Waals surface area contributed by atoms with Crippen LogP contribution in [0.3, 0.4) is 0 Å². The lowest BCUT2D eigenvalue weighted by Crippen LogP contribution is -1.90. The smallest absolute Gasteiger partial charge is 0.151 e. The van der Waals surface area contributed by atoms with Crippen molar-refractivity contribution >= 4 is 22.5 Å². The molecule has 1 radical (unpaired) electrons. The number of ether oxygens (including phenoxy) is 1. The van der Waals surface area contributed by atoms with E-state index in [2.05, 4.69) is 18.2 Å². The molecule has 89 valence electrons. The second kappa shape index (κ2) is 4.39. The van der Waals surface area contributed by atoms with Gasteiger partial charge in [0.15, 0.2) is 5.75 Å². The maximum Gasteiger partial charge on any atom is 0.151 e. The normalized spacial score (nSPS) is 10.8. The van der Waals surface area contributed by atoms with E-state index in [4.69, 9.17) is 16.3 Å². The van der Waals surface area contributed by atoms with Crippen LogP contribution in [-0.4, -0.2) is 4.57 Å². The van der Waals surface area contributed by atoms with E-state index in [9.17, 15) is 0 Å². The Balaban J connectivity index is 2.07. The number of halogens is 1. The SMILES string of the molecule is Cn1ccc2cccc(Oc3cc[c]c(Cl)c3)c21. The molecule has 0 saturated carbocycles. The summed E-state index contributed by atoms with van der Waals surface area (Å²) in [6.07, 6.45) is 2.02. The van der Waals surface area contributed by atoms with Gasteiger partial charge in [0.1, 0.15) is 5.75 Å².